The van der Waals surface area contributed by atoms with Crippen LogP contribution in [0.25, 0.3) is 0 Å². The minimum absolute atomic E-state index is 0.00737. The molecule has 6 unspecified atom stereocenters. The van der Waals surface area contributed by atoms with E-state index < -0.39 is 30.2 Å². The Bertz CT molecular complexity index is 1010. The topological polar surface area (TPSA) is 99.4 Å². The molecular formula is C36H62O6. The van der Waals surface area contributed by atoms with Crippen molar-refractivity contribution in [1.82, 2.24) is 0 Å². The van der Waals surface area contributed by atoms with Gasteiger partial charge >= 0.3 is 0 Å². The lowest BCUT2D eigenvalue weighted by Crippen LogP contribution is -2.66. The van der Waals surface area contributed by atoms with Gasteiger partial charge in [-0.25, -0.2) is 0 Å². The van der Waals surface area contributed by atoms with E-state index in [1.54, 1.807) is 0 Å². The Kier molecular flexibility index (Phi) is 8.91. The van der Waals surface area contributed by atoms with Crippen molar-refractivity contribution >= 4 is 0 Å². The molecule has 0 amide bonds. The van der Waals surface area contributed by atoms with Gasteiger partial charge in [-0.3, -0.25) is 0 Å². The van der Waals surface area contributed by atoms with E-state index in [1.807, 2.05) is 0 Å². The Hall–Kier alpha value is -0.500. The molecule has 5 aliphatic rings. The van der Waals surface area contributed by atoms with E-state index in [4.69, 9.17) is 9.47 Å². The van der Waals surface area contributed by atoms with E-state index >= 15 is 0 Å². The average Bonchev–Trinajstić information content (AvgIpc) is 3.29. The minimum atomic E-state index is -0.666. The molecule has 5 fully saturated rings. The molecule has 1 heterocycles. The number of allylic oxidation sites excluding steroid dienone is 2. The summed E-state index contributed by atoms with van der Waals surface area (Å²) < 4.78 is 13.1. The Balaban J connectivity index is 1.46. The van der Waals surface area contributed by atoms with Crippen molar-refractivity contribution in [2.75, 3.05) is 6.61 Å². The molecule has 0 aromatic heterocycles. The van der Waals surface area contributed by atoms with Gasteiger partial charge in [0.25, 0.3) is 0 Å². The van der Waals surface area contributed by atoms with Gasteiger partial charge in [-0.2, -0.15) is 0 Å². The van der Waals surface area contributed by atoms with Crippen LogP contribution < -0.4 is 0 Å². The fraction of sp³-hybridized carbons (Fsp3) is 0.944. The maximum atomic E-state index is 12.2. The van der Waals surface area contributed by atoms with Gasteiger partial charge in [0, 0.05) is 6.42 Å². The lowest BCUT2D eigenvalue weighted by atomic mass is 9.35. The van der Waals surface area contributed by atoms with Gasteiger partial charge < -0.3 is 29.9 Å². The first-order valence-electron chi connectivity index (χ1n) is 17.1. The molecular weight excluding hydrogens is 528 g/mol. The molecule has 0 bridgehead atoms. The first-order chi connectivity index (χ1) is 19.5. The van der Waals surface area contributed by atoms with Crippen LogP contribution >= 0.6 is 0 Å². The fourth-order valence-corrected chi connectivity index (χ4v) is 11.8. The predicted octanol–water partition coefficient (Wildman–Crippen LogP) is 6.38. The molecule has 4 saturated carbocycles. The van der Waals surface area contributed by atoms with Gasteiger partial charge in [0.1, 0.15) is 6.10 Å². The van der Waals surface area contributed by atoms with Crippen molar-refractivity contribution in [1.29, 1.82) is 0 Å². The van der Waals surface area contributed by atoms with Crippen LogP contribution in [-0.4, -0.2) is 63.3 Å². The van der Waals surface area contributed by atoms with Crippen LogP contribution in [0.15, 0.2) is 11.6 Å². The van der Waals surface area contributed by atoms with Crippen LogP contribution in [-0.2, 0) is 9.47 Å². The maximum absolute atomic E-state index is 12.2. The summed E-state index contributed by atoms with van der Waals surface area (Å²) >= 11 is 0. The van der Waals surface area contributed by atoms with Crippen molar-refractivity contribution in [3.63, 3.8) is 0 Å². The second kappa shape index (κ2) is 11.4. The van der Waals surface area contributed by atoms with Crippen molar-refractivity contribution in [3.05, 3.63) is 11.6 Å². The summed E-state index contributed by atoms with van der Waals surface area (Å²) in [5, 5.41) is 43.4. The molecule has 13 atom stereocenters. The number of hydrogen-bond donors (Lipinski definition) is 4. The summed E-state index contributed by atoms with van der Waals surface area (Å²) in [6, 6.07) is 0. The van der Waals surface area contributed by atoms with E-state index in [0.29, 0.717) is 24.7 Å². The zero-order valence-electron chi connectivity index (χ0n) is 27.9. The molecule has 4 N–H and O–H groups in total. The van der Waals surface area contributed by atoms with Crippen LogP contribution in [0, 0.1) is 45.3 Å². The highest BCUT2D eigenvalue weighted by molar-refractivity contribution is 5.20. The van der Waals surface area contributed by atoms with E-state index in [9.17, 15) is 20.4 Å². The largest absolute Gasteiger partial charge is 0.394 e. The molecule has 0 spiro atoms. The zero-order valence-corrected chi connectivity index (χ0v) is 27.9. The molecule has 5 rings (SSSR count). The highest BCUT2D eigenvalue weighted by Crippen LogP contribution is 2.76. The number of ether oxygens (including phenoxy) is 2. The molecule has 0 aromatic rings. The van der Waals surface area contributed by atoms with Gasteiger partial charge in [-0.05, 0) is 130 Å². The number of fused-ring (bicyclic) bond motifs is 5. The third kappa shape index (κ3) is 5.07. The van der Waals surface area contributed by atoms with Gasteiger partial charge in [-0.15, -0.1) is 0 Å². The second-order valence-electron chi connectivity index (χ2n) is 17.0. The normalized spacial score (nSPS) is 49.8. The van der Waals surface area contributed by atoms with Crippen LogP contribution in [0.1, 0.15) is 126 Å². The molecule has 242 valence electrons. The number of aliphatic hydroxyl groups excluding tert-OH is 4. The molecule has 4 aliphatic carbocycles. The SMILES string of the molecule is CC(C)=CCC[C@](C)(O[C@H]1CC[C@H](O)C(CO)O1)C1CC[C@]2(C)C1[C@H](O)CC1[C@@]3(C)CCC(O)C(C)(C)C3CC[C@]12C. The molecule has 1 saturated heterocycles. The summed E-state index contributed by atoms with van der Waals surface area (Å²) in [5.41, 5.74) is 0.915. The third-order valence-electron chi connectivity index (χ3n) is 14.4. The van der Waals surface area contributed by atoms with Crippen molar-refractivity contribution in [2.24, 2.45) is 45.3 Å². The lowest BCUT2D eigenvalue weighted by molar-refractivity contribution is -0.289. The molecule has 6 heteroatoms. The van der Waals surface area contributed by atoms with Crippen LogP contribution in [0.5, 0.6) is 0 Å². The number of hydrogen-bond acceptors (Lipinski definition) is 6. The minimum Gasteiger partial charge on any atom is -0.394 e. The second-order valence-corrected chi connectivity index (χ2v) is 17.0. The number of aliphatic hydroxyl groups is 4. The van der Waals surface area contributed by atoms with Crippen molar-refractivity contribution < 1.29 is 29.9 Å². The van der Waals surface area contributed by atoms with E-state index in [0.717, 1.165) is 57.8 Å². The van der Waals surface area contributed by atoms with Gasteiger partial charge in [0.2, 0.25) is 0 Å². The molecule has 1 aliphatic heterocycles. The Morgan fingerprint density at radius 3 is 2.24 bits per heavy atom. The average molecular weight is 591 g/mol. The van der Waals surface area contributed by atoms with Crippen LogP contribution in [0.2, 0.25) is 0 Å². The first-order valence-corrected chi connectivity index (χ1v) is 17.1. The Labute approximate surface area is 255 Å². The molecule has 0 aromatic carbocycles. The van der Waals surface area contributed by atoms with Gasteiger partial charge in [0.05, 0.1) is 30.5 Å². The van der Waals surface area contributed by atoms with Crippen LogP contribution in [0.3, 0.4) is 0 Å². The third-order valence-corrected chi connectivity index (χ3v) is 14.4. The van der Waals surface area contributed by atoms with E-state index in [2.05, 4.69) is 61.5 Å². The Morgan fingerprint density at radius 1 is 0.881 bits per heavy atom. The highest BCUT2D eigenvalue weighted by Gasteiger charge is 2.71. The maximum Gasteiger partial charge on any atom is 0.159 e. The van der Waals surface area contributed by atoms with Crippen molar-refractivity contribution in [3.8, 4) is 0 Å². The molecule has 6 nitrogen and oxygen atoms in total. The summed E-state index contributed by atoms with van der Waals surface area (Å²) in [6.07, 6.45) is 9.94. The summed E-state index contributed by atoms with van der Waals surface area (Å²) in [7, 11) is 0. The fourth-order valence-electron chi connectivity index (χ4n) is 11.8. The summed E-state index contributed by atoms with van der Waals surface area (Å²) in [5.74, 6) is 1.23. The van der Waals surface area contributed by atoms with E-state index in [-0.39, 0.29) is 46.2 Å². The zero-order chi connectivity index (χ0) is 30.9. The Morgan fingerprint density at radius 2 is 1.57 bits per heavy atom. The first kappa shape index (κ1) is 32.9. The molecule has 0 radical (unpaired) electrons. The predicted molar refractivity (Wildman–Crippen MR) is 166 cm³/mol. The van der Waals surface area contributed by atoms with Gasteiger partial charge in [0.15, 0.2) is 6.29 Å². The van der Waals surface area contributed by atoms with Gasteiger partial charge in [-0.1, -0.05) is 46.3 Å². The summed E-state index contributed by atoms with van der Waals surface area (Å²) in [4.78, 5) is 0. The standard InChI is InChI=1S/C36H62O6/c1-22(2)10-9-16-36(8,42-30-12-11-24(38)26(21-37)41-30)23-13-18-35(7)31(23)25(39)20-28-33(5)17-15-29(40)32(3,4)27(33)14-19-34(28,35)6/h10,23-31,37-40H,9,11-21H2,1-8H3/t23?,24-,25+,26?,27?,28?,29?,30-,31?,33-,34+,35+,36-/m0/s1. The van der Waals surface area contributed by atoms with Crippen molar-refractivity contribution in [2.45, 2.75) is 162 Å². The quantitative estimate of drug-likeness (QED) is 0.257. The highest BCUT2D eigenvalue weighted by atomic mass is 16.7. The van der Waals surface area contributed by atoms with Crippen LogP contribution in [0.4, 0.5) is 0 Å². The number of rotatable bonds is 7. The van der Waals surface area contributed by atoms with E-state index in [1.165, 1.54) is 5.57 Å². The smallest absolute Gasteiger partial charge is 0.159 e. The molecule has 42 heavy (non-hydrogen) atoms. The summed E-state index contributed by atoms with van der Waals surface area (Å²) in [6.45, 7) is 18.4. The lowest BCUT2D eigenvalue weighted by Gasteiger charge is -2.70. The monoisotopic (exact) mass is 590 g/mol.